The van der Waals surface area contributed by atoms with Gasteiger partial charge in [-0.05, 0) is 54.5 Å². The summed E-state index contributed by atoms with van der Waals surface area (Å²) in [7, 11) is 1.64. The zero-order chi connectivity index (χ0) is 22.9. The van der Waals surface area contributed by atoms with Gasteiger partial charge in [0.2, 0.25) is 0 Å². The fraction of sp³-hybridized carbons (Fsp3) is 0.346. The molecule has 6 nitrogen and oxygen atoms in total. The molecule has 0 fully saturated rings. The quantitative estimate of drug-likeness (QED) is 0.229. The third kappa shape index (κ3) is 5.84. The van der Waals surface area contributed by atoms with Crippen LogP contribution in [0.2, 0.25) is 0 Å². The van der Waals surface area contributed by atoms with Crippen LogP contribution in [0.1, 0.15) is 69.5 Å². The number of ether oxygens (including phenoxy) is 2. The molecule has 1 aliphatic heterocycles. The van der Waals surface area contributed by atoms with Crippen LogP contribution in [0.5, 0.6) is 5.75 Å². The van der Waals surface area contributed by atoms with Crippen LogP contribution < -0.4 is 10.1 Å². The normalized spacial score (nSPS) is 12.3. The van der Waals surface area contributed by atoms with E-state index in [-0.39, 0.29) is 18.6 Å². The van der Waals surface area contributed by atoms with Crippen molar-refractivity contribution in [3.05, 3.63) is 76.9 Å². The molecule has 32 heavy (non-hydrogen) atoms. The first-order valence-corrected chi connectivity index (χ1v) is 10.9. The van der Waals surface area contributed by atoms with Crippen LogP contribution in [-0.4, -0.2) is 24.9 Å². The van der Waals surface area contributed by atoms with Crippen LogP contribution in [0, 0.1) is 0 Å². The first-order chi connectivity index (χ1) is 15.5. The Bertz CT molecular complexity index is 1010. The minimum atomic E-state index is -0.477. The molecule has 168 valence electrons. The van der Waals surface area contributed by atoms with Crippen molar-refractivity contribution in [3.63, 3.8) is 0 Å². The Labute approximate surface area is 188 Å². The fourth-order valence-corrected chi connectivity index (χ4v) is 3.85. The maximum Gasteiger partial charge on any atom is 0.310 e. The minimum Gasteiger partial charge on any atom is -0.496 e. The molecule has 0 aliphatic carbocycles. The highest BCUT2D eigenvalue weighted by atomic mass is 16.5. The first-order valence-electron chi connectivity index (χ1n) is 10.9. The predicted molar refractivity (Wildman–Crippen MR) is 122 cm³/mol. The number of nitrogens with one attached hydrogen (secondary N) is 1. The number of hydrogen-bond donors (Lipinski definition) is 1. The minimum absolute atomic E-state index is 0.0784. The second-order valence-corrected chi connectivity index (χ2v) is 7.85. The van der Waals surface area contributed by atoms with Crippen molar-refractivity contribution in [2.45, 2.75) is 51.6 Å². The van der Waals surface area contributed by atoms with Crippen molar-refractivity contribution < 1.29 is 23.9 Å². The lowest BCUT2D eigenvalue weighted by Crippen LogP contribution is -2.20. The summed E-state index contributed by atoms with van der Waals surface area (Å²) < 4.78 is 10.9. The molecule has 0 bridgehead atoms. The van der Waals surface area contributed by atoms with E-state index in [1.165, 1.54) is 19.3 Å². The molecular weight excluding hydrogens is 406 g/mol. The molecule has 2 aromatic carbocycles. The Balaban J connectivity index is 1.53. The Kier molecular flexibility index (Phi) is 8.20. The standard InChI is InChI=1S/C26H29NO5/c1-3-4-5-6-7-8-10-19-14-13-18(15-22(19)31-2)17-32-23(28)16-20-11-9-12-21-24(20)26(30)27-25(21)29/h3,9,11-15H,1,4-8,10,16-17H2,2H3,(H,27,29,30). The van der Waals surface area contributed by atoms with E-state index < -0.39 is 17.8 Å². The van der Waals surface area contributed by atoms with Crippen LogP contribution in [0.3, 0.4) is 0 Å². The van der Waals surface area contributed by atoms with Gasteiger partial charge in [0.25, 0.3) is 11.8 Å². The molecule has 0 saturated carbocycles. The van der Waals surface area contributed by atoms with Crippen LogP contribution >= 0.6 is 0 Å². The lowest BCUT2D eigenvalue weighted by molar-refractivity contribution is -0.144. The number of aryl methyl sites for hydroxylation is 1. The average molecular weight is 436 g/mol. The molecule has 2 aromatic rings. The smallest absolute Gasteiger partial charge is 0.310 e. The third-order valence-electron chi connectivity index (χ3n) is 5.54. The van der Waals surface area contributed by atoms with E-state index in [0.29, 0.717) is 11.1 Å². The number of amides is 2. The number of imide groups is 1. The Hall–Kier alpha value is -3.41. The van der Waals surface area contributed by atoms with Gasteiger partial charge < -0.3 is 9.47 Å². The van der Waals surface area contributed by atoms with Gasteiger partial charge in [0.1, 0.15) is 12.4 Å². The number of esters is 1. The molecule has 0 radical (unpaired) electrons. The van der Waals surface area contributed by atoms with Gasteiger partial charge in [-0.1, -0.05) is 43.2 Å². The lowest BCUT2D eigenvalue weighted by Gasteiger charge is -2.12. The fourth-order valence-electron chi connectivity index (χ4n) is 3.85. The van der Waals surface area contributed by atoms with Gasteiger partial charge in [-0.3, -0.25) is 19.7 Å². The van der Waals surface area contributed by atoms with Crippen LogP contribution in [0.25, 0.3) is 0 Å². The van der Waals surface area contributed by atoms with E-state index in [9.17, 15) is 14.4 Å². The number of fused-ring (bicyclic) bond motifs is 1. The number of carbonyl (C=O) groups is 3. The summed E-state index contributed by atoms with van der Waals surface area (Å²) in [6.45, 7) is 3.86. The molecule has 1 N–H and O–H groups in total. The number of hydrogen-bond acceptors (Lipinski definition) is 5. The molecule has 0 saturated heterocycles. The second-order valence-electron chi connectivity index (χ2n) is 7.85. The molecule has 0 atom stereocenters. The van der Waals surface area contributed by atoms with Crippen LogP contribution in [-0.2, 0) is 29.0 Å². The summed E-state index contributed by atoms with van der Waals surface area (Å²) in [5.74, 6) is -0.590. The van der Waals surface area contributed by atoms with Gasteiger partial charge in [-0.2, -0.15) is 0 Å². The van der Waals surface area contributed by atoms with Gasteiger partial charge in [0.15, 0.2) is 0 Å². The molecule has 3 rings (SSSR count). The Morgan fingerprint density at radius 2 is 1.84 bits per heavy atom. The molecule has 1 aliphatic rings. The number of unbranched alkanes of at least 4 members (excludes halogenated alkanes) is 4. The molecule has 0 unspecified atom stereocenters. The van der Waals surface area contributed by atoms with Crippen LogP contribution in [0.15, 0.2) is 49.1 Å². The van der Waals surface area contributed by atoms with Crippen molar-refractivity contribution >= 4 is 17.8 Å². The van der Waals surface area contributed by atoms with Crippen molar-refractivity contribution in [3.8, 4) is 5.75 Å². The summed E-state index contributed by atoms with van der Waals surface area (Å²) in [6.07, 6.45) is 8.53. The predicted octanol–water partition coefficient (Wildman–Crippen LogP) is 4.54. The average Bonchev–Trinajstić information content (AvgIpc) is 3.09. The highest BCUT2D eigenvalue weighted by molar-refractivity contribution is 6.22. The molecular formula is C26H29NO5. The summed E-state index contributed by atoms with van der Waals surface area (Å²) in [5, 5.41) is 2.25. The van der Waals surface area contributed by atoms with Crippen molar-refractivity contribution in [2.24, 2.45) is 0 Å². The summed E-state index contributed by atoms with van der Waals surface area (Å²) in [4.78, 5) is 36.1. The van der Waals surface area contributed by atoms with Crippen LogP contribution in [0.4, 0.5) is 0 Å². The van der Waals surface area contributed by atoms with Gasteiger partial charge in [-0.25, -0.2) is 0 Å². The third-order valence-corrected chi connectivity index (χ3v) is 5.54. The molecule has 6 heteroatoms. The van der Waals surface area contributed by atoms with E-state index >= 15 is 0 Å². The highest BCUT2D eigenvalue weighted by Gasteiger charge is 2.29. The van der Waals surface area contributed by atoms with Gasteiger partial charge >= 0.3 is 5.97 Å². The molecule has 0 spiro atoms. The Morgan fingerprint density at radius 1 is 1.03 bits per heavy atom. The molecule has 1 heterocycles. The zero-order valence-electron chi connectivity index (χ0n) is 18.4. The van der Waals surface area contributed by atoms with Crippen molar-refractivity contribution in [1.82, 2.24) is 5.32 Å². The number of carbonyl (C=O) groups excluding carboxylic acids is 3. The number of methoxy groups -OCH3 is 1. The number of benzene rings is 2. The monoisotopic (exact) mass is 435 g/mol. The number of allylic oxidation sites excluding steroid dienone is 1. The maximum absolute atomic E-state index is 12.4. The SMILES string of the molecule is C=CCCCCCCc1ccc(COC(=O)Cc2cccc3c2C(=O)NC3=O)cc1OC. The first kappa shape index (κ1) is 23.3. The van der Waals surface area contributed by atoms with E-state index in [2.05, 4.69) is 11.9 Å². The summed E-state index contributed by atoms with van der Waals surface area (Å²) in [5.41, 5.74) is 3.00. The van der Waals surface area contributed by atoms with Gasteiger partial charge in [-0.15, -0.1) is 6.58 Å². The number of rotatable bonds is 12. The Morgan fingerprint density at radius 3 is 2.62 bits per heavy atom. The van der Waals surface area contributed by atoms with Crippen molar-refractivity contribution in [2.75, 3.05) is 7.11 Å². The zero-order valence-corrected chi connectivity index (χ0v) is 18.4. The van der Waals surface area contributed by atoms with E-state index in [1.807, 2.05) is 24.3 Å². The largest absolute Gasteiger partial charge is 0.496 e. The molecule has 2 amide bonds. The highest BCUT2D eigenvalue weighted by Crippen LogP contribution is 2.24. The lowest BCUT2D eigenvalue weighted by atomic mass is 10.0. The summed E-state index contributed by atoms with van der Waals surface area (Å²) >= 11 is 0. The van der Waals surface area contributed by atoms with E-state index in [4.69, 9.17) is 9.47 Å². The summed E-state index contributed by atoms with van der Waals surface area (Å²) in [6, 6.07) is 10.7. The van der Waals surface area contributed by atoms with Gasteiger partial charge in [0.05, 0.1) is 24.7 Å². The van der Waals surface area contributed by atoms with Crippen molar-refractivity contribution in [1.29, 1.82) is 0 Å². The van der Waals surface area contributed by atoms with E-state index in [1.54, 1.807) is 25.3 Å². The van der Waals surface area contributed by atoms with Gasteiger partial charge in [0, 0.05) is 0 Å². The maximum atomic E-state index is 12.4. The van der Waals surface area contributed by atoms with E-state index in [0.717, 1.165) is 36.1 Å². The topological polar surface area (TPSA) is 81.7 Å². The second kappa shape index (κ2) is 11.3. The molecule has 0 aromatic heterocycles.